The lowest BCUT2D eigenvalue weighted by atomic mass is 9.43. The van der Waals surface area contributed by atoms with E-state index in [0.29, 0.717) is 23.8 Å². The van der Waals surface area contributed by atoms with Crippen molar-refractivity contribution in [3.05, 3.63) is 24.3 Å². The van der Waals surface area contributed by atoms with Gasteiger partial charge >= 0.3 is 11.9 Å². The molecule has 8 heteroatoms. The third-order valence-electron chi connectivity index (χ3n) is 13.5. The molecule has 0 amide bonds. The summed E-state index contributed by atoms with van der Waals surface area (Å²) in [6.45, 7) is 16.0. The number of ether oxygens (including phenoxy) is 2. The van der Waals surface area contributed by atoms with Gasteiger partial charge in [0.1, 0.15) is 12.2 Å². The summed E-state index contributed by atoms with van der Waals surface area (Å²) >= 11 is 0. The van der Waals surface area contributed by atoms with Crippen LogP contribution in [0.15, 0.2) is 24.3 Å². The predicted octanol–water partition coefficient (Wildman–Crippen LogP) is 4.79. The highest BCUT2D eigenvalue weighted by atomic mass is 16.5. The summed E-state index contributed by atoms with van der Waals surface area (Å²) in [7, 11) is 3.56. The van der Waals surface area contributed by atoms with Crippen molar-refractivity contribution in [1.29, 1.82) is 0 Å². The first-order valence-electron chi connectivity index (χ1n) is 16.6. The normalized spacial score (nSPS) is 42.2. The highest BCUT2D eigenvalue weighted by molar-refractivity contribution is 5.93. The summed E-state index contributed by atoms with van der Waals surface area (Å²) in [5.74, 6) is -1.22. The van der Waals surface area contributed by atoms with E-state index in [1.807, 2.05) is 13.0 Å². The van der Waals surface area contributed by atoms with Crippen molar-refractivity contribution in [3.63, 3.8) is 0 Å². The third kappa shape index (κ3) is 4.76. The number of esters is 2. The van der Waals surface area contributed by atoms with Crippen LogP contribution in [-0.4, -0.2) is 73.0 Å². The molecule has 8 nitrogen and oxygen atoms in total. The van der Waals surface area contributed by atoms with E-state index in [2.05, 4.69) is 33.4 Å². The van der Waals surface area contributed by atoms with Crippen LogP contribution in [0, 0.1) is 57.2 Å². The minimum absolute atomic E-state index is 0.0324. The summed E-state index contributed by atoms with van der Waals surface area (Å²) in [6.07, 6.45) is 8.03. The number of rotatable bonds is 10. The van der Waals surface area contributed by atoms with Crippen LogP contribution < -0.4 is 0 Å². The highest BCUT2D eigenvalue weighted by Crippen LogP contribution is 2.87. The smallest absolute Gasteiger partial charge is 0.320 e. The Kier molecular flexibility index (Phi) is 8.40. The molecule has 44 heavy (non-hydrogen) atoms. The van der Waals surface area contributed by atoms with Crippen LogP contribution in [0.25, 0.3) is 0 Å². The lowest BCUT2D eigenvalue weighted by molar-refractivity contribution is -0.155. The average molecular weight is 612 g/mol. The third-order valence-corrected chi connectivity index (χ3v) is 13.5. The Balaban J connectivity index is 1.38. The van der Waals surface area contributed by atoms with E-state index >= 15 is 0 Å². The minimum Gasteiger partial charge on any atom is -0.464 e. The molecule has 2 spiro atoms. The maximum absolute atomic E-state index is 14.0. The number of ketones is 2. The second kappa shape index (κ2) is 11.2. The molecule has 12 atom stereocenters. The second-order valence-electron chi connectivity index (χ2n) is 15.8. The fourth-order valence-corrected chi connectivity index (χ4v) is 11.1. The monoisotopic (exact) mass is 611 g/mol. The molecular weight excluding hydrogens is 558 g/mol. The molecule has 5 aliphatic rings. The Bertz CT molecular complexity index is 1270. The number of fused-ring (bicyclic) bond motifs is 2. The first-order chi connectivity index (χ1) is 20.5. The Labute approximate surface area is 263 Å². The quantitative estimate of drug-likeness (QED) is 0.278. The van der Waals surface area contributed by atoms with Crippen molar-refractivity contribution in [1.82, 2.24) is 4.90 Å². The Morgan fingerprint density at radius 2 is 1.82 bits per heavy atom. The van der Waals surface area contributed by atoms with E-state index in [9.17, 15) is 24.3 Å². The van der Waals surface area contributed by atoms with Crippen LogP contribution in [0.3, 0.4) is 0 Å². The van der Waals surface area contributed by atoms with Crippen molar-refractivity contribution in [2.75, 3.05) is 27.2 Å². The summed E-state index contributed by atoms with van der Waals surface area (Å²) in [4.78, 5) is 52.8. The van der Waals surface area contributed by atoms with Crippen LogP contribution >= 0.6 is 0 Å². The fraction of sp³-hybridized carbons (Fsp3) is 0.778. The number of allylic oxidation sites excluding steroid dienone is 2. The van der Waals surface area contributed by atoms with Crippen molar-refractivity contribution >= 4 is 23.5 Å². The Hall–Kier alpha value is -2.32. The molecule has 1 N–H and O–H groups in total. The van der Waals surface area contributed by atoms with Crippen LogP contribution in [-0.2, 0) is 28.7 Å². The summed E-state index contributed by atoms with van der Waals surface area (Å²) in [5, 5.41) is 11.3. The van der Waals surface area contributed by atoms with Gasteiger partial charge < -0.3 is 14.6 Å². The first kappa shape index (κ1) is 33.1. The first-order valence-corrected chi connectivity index (χ1v) is 16.6. The SMILES string of the molecule is C=C(C(O)C(=O)[C@@H](C)[C@H]1[C@@H](OC(C)=O)C[C@@]2(C)C3CCC4[C@H](C)C(=O)C=C[C@@]45C[C@@]35CC[C@]12C)[C@@H](C)COC(=O)CN(C)C. The van der Waals surface area contributed by atoms with Crippen molar-refractivity contribution in [3.8, 4) is 0 Å². The zero-order valence-corrected chi connectivity index (χ0v) is 28.0. The number of likely N-dealkylation sites (N-methyl/N-ethyl adjacent to an activating group) is 1. The molecule has 0 heterocycles. The van der Waals surface area contributed by atoms with Gasteiger partial charge in [-0.15, -0.1) is 0 Å². The molecule has 0 aromatic carbocycles. The van der Waals surface area contributed by atoms with Crippen LogP contribution in [0.5, 0.6) is 0 Å². The van der Waals surface area contributed by atoms with Gasteiger partial charge in [-0.25, -0.2) is 0 Å². The van der Waals surface area contributed by atoms with E-state index in [1.54, 1.807) is 25.9 Å². The summed E-state index contributed by atoms with van der Waals surface area (Å²) < 4.78 is 11.4. The van der Waals surface area contributed by atoms with Crippen LogP contribution in [0.2, 0.25) is 0 Å². The number of aliphatic hydroxyl groups is 1. The lowest BCUT2D eigenvalue weighted by Gasteiger charge is -2.60. The molecule has 244 valence electrons. The molecule has 0 radical (unpaired) electrons. The molecule has 5 rings (SSSR count). The Morgan fingerprint density at radius 1 is 1.14 bits per heavy atom. The fourth-order valence-electron chi connectivity index (χ4n) is 11.1. The van der Waals surface area contributed by atoms with Gasteiger partial charge in [0.05, 0.1) is 13.2 Å². The molecule has 0 aromatic heterocycles. The minimum atomic E-state index is -1.41. The molecule has 5 aliphatic carbocycles. The van der Waals surface area contributed by atoms with Gasteiger partial charge in [0.25, 0.3) is 0 Å². The molecule has 0 aliphatic heterocycles. The lowest BCUT2D eigenvalue weighted by Crippen LogP contribution is -2.55. The standard InChI is InChI=1S/C36H53NO7/c1-20(18-43-29(40)17-37(8)9)21(2)31(41)32(42)23(4)30-27(44-24(5)38)16-34(7)28-11-10-25-22(3)26(39)12-13-35(25)19-36(28,35)15-14-33(30,34)6/h12-13,20,22-23,25,27-28,30-31,41H,2,10-11,14-19H2,1,3-9H3/t20-,22-,23-,25?,27-,28?,30-,31?,33+,34-,35+,36-/m0/s1. The van der Waals surface area contributed by atoms with E-state index in [-0.39, 0.29) is 70.2 Å². The topological polar surface area (TPSA) is 110 Å². The molecule has 0 bridgehead atoms. The number of hydrogen-bond donors (Lipinski definition) is 1. The number of aliphatic hydroxyl groups excluding tert-OH is 1. The zero-order chi connectivity index (χ0) is 32.6. The van der Waals surface area contributed by atoms with Gasteiger partial charge in [-0.05, 0) is 97.8 Å². The zero-order valence-electron chi connectivity index (χ0n) is 28.0. The maximum Gasteiger partial charge on any atom is 0.320 e. The van der Waals surface area contributed by atoms with Gasteiger partial charge in [0, 0.05) is 30.6 Å². The van der Waals surface area contributed by atoms with Gasteiger partial charge in [-0.2, -0.15) is 0 Å². The maximum atomic E-state index is 14.0. The molecule has 3 unspecified atom stereocenters. The molecule has 4 fully saturated rings. The number of carbonyl (C=O) groups excluding carboxylic acids is 4. The van der Waals surface area contributed by atoms with Gasteiger partial charge in [0.15, 0.2) is 11.6 Å². The molecule has 0 aromatic rings. The Morgan fingerprint density at radius 3 is 2.45 bits per heavy atom. The van der Waals surface area contributed by atoms with E-state index in [0.717, 1.165) is 32.1 Å². The van der Waals surface area contributed by atoms with Gasteiger partial charge in [-0.3, -0.25) is 24.1 Å². The number of Topliss-reactive ketones (excluding diaryl/α,β-unsaturated/α-hetero) is 1. The number of nitrogens with zero attached hydrogens (tertiary/aromatic N) is 1. The van der Waals surface area contributed by atoms with Crippen LogP contribution in [0.4, 0.5) is 0 Å². The van der Waals surface area contributed by atoms with E-state index < -0.39 is 24.0 Å². The van der Waals surface area contributed by atoms with Gasteiger partial charge in [-0.1, -0.05) is 47.3 Å². The van der Waals surface area contributed by atoms with E-state index in [4.69, 9.17) is 9.47 Å². The van der Waals surface area contributed by atoms with Crippen molar-refractivity contribution < 1.29 is 33.8 Å². The number of carbonyl (C=O) groups is 4. The molecule has 0 saturated heterocycles. The number of hydrogen-bond acceptors (Lipinski definition) is 8. The predicted molar refractivity (Wildman–Crippen MR) is 166 cm³/mol. The molecular formula is C36H53NO7. The largest absolute Gasteiger partial charge is 0.464 e. The van der Waals surface area contributed by atoms with Crippen LogP contribution in [0.1, 0.15) is 80.1 Å². The molecule has 4 saturated carbocycles. The second-order valence-corrected chi connectivity index (χ2v) is 15.8. The summed E-state index contributed by atoms with van der Waals surface area (Å²) in [5.41, 5.74) is 0.0785. The van der Waals surface area contributed by atoms with Gasteiger partial charge in [0.2, 0.25) is 0 Å². The van der Waals surface area contributed by atoms with Crippen molar-refractivity contribution in [2.24, 2.45) is 57.2 Å². The van der Waals surface area contributed by atoms with E-state index in [1.165, 1.54) is 6.92 Å². The summed E-state index contributed by atoms with van der Waals surface area (Å²) in [6, 6.07) is 0. The highest BCUT2D eigenvalue weighted by Gasteiger charge is 2.81. The average Bonchev–Trinajstić information content (AvgIpc) is 3.56. The van der Waals surface area contributed by atoms with Crippen molar-refractivity contribution in [2.45, 2.75) is 92.3 Å².